The highest BCUT2D eigenvalue weighted by atomic mass is 16.3. The molecule has 0 aromatic heterocycles. The van der Waals surface area contributed by atoms with E-state index >= 15 is 0 Å². The predicted molar refractivity (Wildman–Crippen MR) is 90.5 cm³/mol. The maximum atomic E-state index is 13.0. The van der Waals surface area contributed by atoms with Crippen LogP contribution in [-0.4, -0.2) is 35.2 Å². The topological polar surface area (TPSA) is 49.5 Å². The van der Waals surface area contributed by atoms with Crippen LogP contribution in [0.15, 0.2) is 30.3 Å². The Hall–Kier alpha value is -2.23. The second kappa shape index (κ2) is 5.76. The molecule has 0 unspecified atom stereocenters. The number of phenols is 1. The molecule has 0 spiro atoms. The van der Waals surface area contributed by atoms with Crippen molar-refractivity contribution in [3.63, 3.8) is 0 Å². The zero-order chi connectivity index (χ0) is 15.8. The third-order valence-electron chi connectivity index (χ3n) is 5.06. The fraction of sp³-hybridized carbons (Fsp3) is 0.421. The van der Waals surface area contributed by atoms with Crippen LogP contribution in [-0.2, 0) is 0 Å². The first kappa shape index (κ1) is 14.4. The Morgan fingerprint density at radius 1 is 1.00 bits per heavy atom. The Morgan fingerprint density at radius 3 is 2.65 bits per heavy atom. The summed E-state index contributed by atoms with van der Waals surface area (Å²) in [4.78, 5) is 2.16. The maximum absolute atomic E-state index is 13.0. The van der Waals surface area contributed by atoms with E-state index in [0.29, 0.717) is 16.5 Å². The van der Waals surface area contributed by atoms with Gasteiger partial charge in [-0.1, -0.05) is 30.0 Å². The van der Waals surface area contributed by atoms with E-state index in [1.807, 2.05) is 12.1 Å². The standard InChI is InChI=1S/C19H22N2O2/c22-17-13-16(19(23)15-8-4-3-7-14(15)17)21-12-6-11-20-10-5-1-2-9-18(20)21/h3-4,7-8,13H,1-2,5-6,9-12H2,(H-,22,23). The first-order chi connectivity index (χ1) is 11.3. The summed E-state index contributed by atoms with van der Waals surface area (Å²) in [6.45, 7) is 3.03. The van der Waals surface area contributed by atoms with Crippen LogP contribution in [0.2, 0.25) is 0 Å². The van der Waals surface area contributed by atoms with Crippen molar-refractivity contribution in [2.75, 3.05) is 24.5 Å². The summed E-state index contributed by atoms with van der Waals surface area (Å²) in [7, 11) is 0. The van der Waals surface area contributed by atoms with Crippen molar-refractivity contribution >= 4 is 22.3 Å². The lowest BCUT2D eigenvalue weighted by molar-refractivity contribution is -0.532. The lowest BCUT2D eigenvalue weighted by Gasteiger charge is -2.29. The highest BCUT2D eigenvalue weighted by Gasteiger charge is 2.31. The van der Waals surface area contributed by atoms with Crippen LogP contribution in [0.25, 0.3) is 10.8 Å². The van der Waals surface area contributed by atoms with Gasteiger partial charge < -0.3 is 10.2 Å². The van der Waals surface area contributed by atoms with E-state index in [4.69, 9.17) is 0 Å². The summed E-state index contributed by atoms with van der Waals surface area (Å²) in [6.07, 6.45) is 5.73. The van der Waals surface area contributed by atoms with E-state index < -0.39 is 0 Å². The smallest absolute Gasteiger partial charge is 0.251 e. The monoisotopic (exact) mass is 310 g/mol. The largest absolute Gasteiger partial charge is 0.869 e. The van der Waals surface area contributed by atoms with Crippen molar-refractivity contribution in [2.45, 2.75) is 32.1 Å². The van der Waals surface area contributed by atoms with Gasteiger partial charge in [0.2, 0.25) is 0 Å². The fourth-order valence-electron chi connectivity index (χ4n) is 3.92. The summed E-state index contributed by atoms with van der Waals surface area (Å²) in [5, 5.41) is 24.6. The van der Waals surface area contributed by atoms with E-state index in [-0.39, 0.29) is 11.5 Å². The zero-order valence-electron chi connectivity index (χ0n) is 13.3. The van der Waals surface area contributed by atoms with Crippen LogP contribution in [0.4, 0.5) is 5.69 Å². The van der Waals surface area contributed by atoms with Crippen LogP contribution >= 0.6 is 0 Å². The molecule has 0 amide bonds. The molecule has 0 fully saturated rings. The zero-order valence-corrected chi connectivity index (χ0v) is 13.3. The SMILES string of the molecule is [O-]c1c(N2CCC[N+]3=C2CCCCC3)cc(O)c2ccccc12. The van der Waals surface area contributed by atoms with Crippen molar-refractivity contribution in [3.8, 4) is 11.5 Å². The van der Waals surface area contributed by atoms with Gasteiger partial charge in [-0.3, -0.25) is 4.58 Å². The van der Waals surface area contributed by atoms with Crippen LogP contribution in [0.3, 0.4) is 0 Å². The van der Waals surface area contributed by atoms with Gasteiger partial charge in [-0.2, -0.15) is 0 Å². The minimum atomic E-state index is 0.0250. The number of hydrogen-bond donors (Lipinski definition) is 1. The van der Waals surface area contributed by atoms with Crippen LogP contribution in [0.5, 0.6) is 11.5 Å². The van der Waals surface area contributed by atoms with Gasteiger partial charge in [-0.25, -0.2) is 4.90 Å². The molecule has 2 heterocycles. The second-order valence-electron chi connectivity index (χ2n) is 6.51. The minimum absolute atomic E-state index is 0.0250. The highest BCUT2D eigenvalue weighted by molar-refractivity contribution is 6.03. The third kappa shape index (κ3) is 2.42. The van der Waals surface area contributed by atoms with E-state index in [9.17, 15) is 10.2 Å². The van der Waals surface area contributed by atoms with Gasteiger partial charge in [0.1, 0.15) is 11.4 Å². The van der Waals surface area contributed by atoms with Crippen molar-refractivity contribution in [1.29, 1.82) is 0 Å². The Bertz CT molecular complexity index is 782. The maximum Gasteiger partial charge on any atom is 0.251 e. The number of benzene rings is 2. The van der Waals surface area contributed by atoms with Crippen molar-refractivity contribution in [1.82, 2.24) is 0 Å². The molecule has 4 rings (SSSR count). The Kier molecular flexibility index (Phi) is 3.60. The fourth-order valence-corrected chi connectivity index (χ4v) is 3.92. The molecule has 2 aromatic rings. The molecule has 0 aliphatic carbocycles. The van der Waals surface area contributed by atoms with E-state index in [2.05, 4.69) is 9.48 Å². The van der Waals surface area contributed by atoms with Crippen molar-refractivity contribution in [2.24, 2.45) is 0 Å². The summed E-state index contributed by atoms with van der Waals surface area (Å²) in [5.74, 6) is 1.49. The molecule has 2 aliphatic heterocycles. The number of phenolic OH excluding ortho intramolecular Hbond substituents is 1. The summed E-state index contributed by atoms with van der Waals surface area (Å²) < 4.78 is 2.43. The normalized spacial score (nSPS) is 18.9. The molecule has 0 bridgehead atoms. The second-order valence-corrected chi connectivity index (χ2v) is 6.51. The van der Waals surface area contributed by atoms with E-state index in [1.54, 1.807) is 18.2 Å². The van der Waals surface area contributed by atoms with Gasteiger partial charge in [-0.15, -0.1) is 0 Å². The molecule has 0 atom stereocenters. The molecule has 2 aromatic carbocycles. The molecule has 4 heteroatoms. The third-order valence-corrected chi connectivity index (χ3v) is 5.06. The average molecular weight is 310 g/mol. The molecule has 0 radical (unpaired) electrons. The number of nitrogens with zero attached hydrogens (tertiary/aromatic N) is 2. The predicted octanol–water partition coefficient (Wildman–Crippen LogP) is 2.81. The van der Waals surface area contributed by atoms with Gasteiger partial charge in [0, 0.05) is 24.3 Å². The average Bonchev–Trinajstić information content (AvgIpc) is 2.83. The van der Waals surface area contributed by atoms with E-state index in [1.165, 1.54) is 25.1 Å². The van der Waals surface area contributed by atoms with Gasteiger partial charge in [0.15, 0.2) is 0 Å². The van der Waals surface area contributed by atoms with Crippen molar-refractivity contribution < 1.29 is 14.8 Å². The Morgan fingerprint density at radius 2 is 1.78 bits per heavy atom. The quantitative estimate of drug-likeness (QED) is 0.824. The Balaban J connectivity index is 1.86. The summed E-state index contributed by atoms with van der Waals surface area (Å²) in [6, 6.07) is 8.97. The Labute approximate surface area is 136 Å². The molecule has 120 valence electrons. The number of aromatic hydroxyl groups is 1. The van der Waals surface area contributed by atoms with Crippen LogP contribution < -0.4 is 10.0 Å². The van der Waals surface area contributed by atoms with Gasteiger partial charge >= 0.3 is 0 Å². The molecule has 4 nitrogen and oxygen atoms in total. The van der Waals surface area contributed by atoms with Gasteiger partial charge in [0.25, 0.3) is 5.84 Å². The van der Waals surface area contributed by atoms with E-state index in [0.717, 1.165) is 32.5 Å². The number of rotatable bonds is 1. The minimum Gasteiger partial charge on any atom is -0.869 e. The first-order valence-electron chi connectivity index (χ1n) is 8.56. The van der Waals surface area contributed by atoms with Gasteiger partial charge in [-0.05, 0) is 24.6 Å². The number of hydrogen-bond acceptors (Lipinski definition) is 3. The molecule has 0 saturated carbocycles. The van der Waals surface area contributed by atoms with Gasteiger partial charge in [0.05, 0.1) is 19.6 Å². The highest BCUT2D eigenvalue weighted by Crippen LogP contribution is 2.39. The lowest BCUT2D eigenvalue weighted by Crippen LogP contribution is -2.44. The lowest BCUT2D eigenvalue weighted by atomic mass is 10.1. The molecule has 1 N–H and O–H groups in total. The molecule has 2 aliphatic rings. The van der Waals surface area contributed by atoms with Crippen LogP contribution in [0, 0.1) is 0 Å². The number of fused-ring (bicyclic) bond motifs is 1. The number of anilines is 1. The first-order valence-corrected chi connectivity index (χ1v) is 8.56. The molecular formula is C19H22N2O2. The molecular weight excluding hydrogens is 288 g/mol. The summed E-state index contributed by atoms with van der Waals surface area (Å²) >= 11 is 0. The van der Waals surface area contributed by atoms with Crippen molar-refractivity contribution in [3.05, 3.63) is 30.3 Å². The number of amidine groups is 1. The van der Waals surface area contributed by atoms with Crippen LogP contribution in [0.1, 0.15) is 32.1 Å². The molecule has 23 heavy (non-hydrogen) atoms. The molecule has 0 saturated heterocycles. The summed E-state index contributed by atoms with van der Waals surface area (Å²) in [5.41, 5.74) is 0.628.